The molecule has 0 saturated carbocycles. The molecule has 0 aromatic rings. The number of hydrogen-bond donors (Lipinski definition) is 1. The smallest absolute Gasteiger partial charge is 0.328 e. The van der Waals surface area contributed by atoms with Crippen molar-refractivity contribution in [3.8, 4) is 0 Å². The Morgan fingerprint density at radius 2 is 2.44 bits per heavy atom. The number of nitrogens with one attached hydrogen (secondary N) is 1. The maximum absolute atomic E-state index is 11.7. The Morgan fingerprint density at radius 3 is 2.94 bits per heavy atom. The van der Waals surface area contributed by atoms with Crippen LogP contribution in [0.1, 0.15) is 12.8 Å². The van der Waals surface area contributed by atoms with Crippen molar-refractivity contribution in [1.82, 2.24) is 5.32 Å². The summed E-state index contributed by atoms with van der Waals surface area (Å²) >= 11 is 0. The van der Waals surface area contributed by atoms with Crippen molar-refractivity contribution in [2.45, 2.75) is 18.9 Å². The second kappa shape index (κ2) is 6.27. The summed E-state index contributed by atoms with van der Waals surface area (Å²) in [4.78, 5) is 23.1. The predicted molar refractivity (Wildman–Crippen MR) is 57.7 cm³/mol. The van der Waals surface area contributed by atoms with Crippen LogP contribution in [0.3, 0.4) is 0 Å². The highest BCUT2D eigenvalue weighted by atomic mass is 16.5. The van der Waals surface area contributed by atoms with Gasteiger partial charge in [0.25, 0.3) is 0 Å². The minimum absolute atomic E-state index is 0.156. The van der Waals surface area contributed by atoms with Crippen LogP contribution < -0.4 is 5.32 Å². The molecule has 90 valence electrons. The van der Waals surface area contributed by atoms with Crippen molar-refractivity contribution < 1.29 is 19.1 Å². The standard InChI is InChI=1S/C11H17NO4/c1-3-4-9(11(14)15-2)12-10(13)8-5-6-16-7-8/h3,8-9H,1,4-7H2,2H3,(H,12,13)/t8-,9+/m1/s1. The minimum atomic E-state index is -0.643. The Balaban J connectivity index is 2.49. The van der Waals surface area contributed by atoms with Crippen LogP contribution >= 0.6 is 0 Å². The van der Waals surface area contributed by atoms with E-state index in [2.05, 4.69) is 16.6 Å². The van der Waals surface area contributed by atoms with Gasteiger partial charge in [-0.3, -0.25) is 4.79 Å². The van der Waals surface area contributed by atoms with Crippen molar-refractivity contribution in [3.05, 3.63) is 12.7 Å². The van der Waals surface area contributed by atoms with Gasteiger partial charge in [0.1, 0.15) is 6.04 Å². The number of ether oxygens (including phenoxy) is 2. The van der Waals surface area contributed by atoms with Gasteiger partial charge in [-0.15, -0.1) is 6.58 Å². The predicted octanol–water partition coefficient (Wildman–Crippen LogP) is 0.257. The first-order valence-electron chi connectivity index (χ1n) is 5.26. The highest BCUT2D eigenvalue weighted by Gasteiger charge is 2.27. The summed E-state index contributed by atoms with van der Waals surface area (Å²) in [6, 6.07) is -0.643. The molecule has 0 aromatic carbocycles. The molecule has 1 heterocycles. The SMILES string of the molecule is C=CC[C@H](NC(=O)[C@@H]1CCOC1)C(=O)OC. The highest BCUT2D eigenvalue weighted by Crippen LogP contribution is 2.12. The van der Waals surface area contributed by atoms with Crippen molar-refractivity contribution in [2.75, 3.05) is 20.3 Å². The van der Waals surface area contributed by atoms with Crippen LogP contribution in [0.4, 0.5) is 0 Å². The van der Waals surface area contributed by atoms with E-state index in [9.17, 15) is 9.59 Å². The lowest BCUT2D eigenvalue weighted by Crippen LogP contribution is -2.44. The number of rotatable bonds is 5. The third-order valence-corrected chi connectivity index (χ3v) is 2.51. The summed E-state index contributed by atoms with van der Waals surface area (Å²) in [5.41, 5.74) is 0. The molecule has 0 spiro atoms. The molecule has 0 aromatic heterocycles. The molecule has 1 rings (SSSR count). The van der Waals surface area contributed by atoms with E-state index in [0.29, 0.717) is 26.1 Å². The first-order valence-corrected chi connectivity index (χ1v) is 5.26. The molecule has 1 aliphatic heterocycles. The van der Waals surface area contributed by atoms with Crippen LogP contribution in [0.5, 0.6) is 0 Å². The Kier molecular flexibility index (Phi) is 4.98. The van der Waals surface area contributed by atoms with E-state index < -0.39 is 12.0 Å². The normalized spacial score (nSPS) is 21.2. The lowest BCUT2D eigenvalue weighted by Gasteiger charge is -2.16. The number of carbonyl (C=O) groups is 2. The lowest BCUT2D eigenvalue weighted by molar-refractivity contribution is -0.145. The van der Waals surface area contributed by atoms with Gasteiger partial charge in [0.2, 0.25) is 5.91 Å². The van der Waals surface area contributed by atoms with E-state index in [-0.39, 0.29) is 11.8 Å². The average molecular weight is 227 g/mol. The summed E-state index contributed by atoms with van der Waals surface area (Å²) in [6.45, 7) is 4.56. The fraction of sp³-hybridized carbons (Fsp3) is 0.636. The zero-order chi connectivity index (χ0) is 12.0. The third-order valence-electron chi connectivity index (χ3n) is 2.51. The molecule has 1 N–H and O–H groups in total. The van der Waals surface area contributed by atoms with Crippen LogP contribution in [-0.2, 0) is 19.1 Å². The van der Waals surface area contributed by atoms with Crippen molar-refractivity contribution in [2.24, 2.45) is 5.92 Å². The number of amides is 1. The van der Waals surface area contributed by atoms with Crippen molar-refractivity contribution in [1.29, 1.82) is 0 Å². The quantitative estimate of drug-likeness (QED) is 0.540. The first kappa shape index (κ1) is 12.7. The molecule has 0 unspecified atom stereocenters. The Hall–Kier alpha value is -1.36. The second-order valence-electron chi connectivity index (χ2n) is 3.67. The largest absolute Gasteiger partial charge is 0.467 e. The van der Waals surface area contributed by atoms with E-state index in [4.69, 9.17) is 4.74 Å². The maximum Gasteiger partial charge on any atom is 0.328 e. The van der Waals surface area contributed by atoms with Crippen LogP contribution in [0.15, 0.2) is 12.7 Å². The summed E-state index contributed by atoms with van der Waals surface area (Å²) in [6.07, 6.45) is 2.65. The Morgan fingerprint density at radius 1 is 1.69 bits per heavy atom. The van der Waals surface area contributed by atoms with E-state index in [1.165, 1.54) is 7.11 Å². The molecule has 0 bridgehead atoms. The molecule has 0 aliphatic carbocycles. The number of esters is 1. The molecule has 5 heteroatoms. The van der Waals surface area contributed by atoms with E-state index in [0.717, 1.165) is 0 Å². The lowest BCUT2D eigenvalue weighted by atomic mass is 10.1. The van der Waals surface area contributed by atoms with Gasteiger partial charge in [0.15, 0.2) is 0 Å². The fourth-order valence-electron chi connectivity index (χ4n) is 1.55. The van der Waals surface area contributed by atoms with Gasteiger partial charge in [0.05, 0.1) is 19.6 Å². The Bertz CT molecular complexity index is 271. The van der Waals surface area contributed by atoms with E-state index in [1.807, 2.05) is 0 Å². The van der Waals surface area contributed by atoms with Crippen LogP contribution in [0, 0.1) is 5.92 Å². The third kappa shape index (κ3) is 3.34. The molecule has 1 amide bonds. The maximum atomic E-state index is 11.7. The van der Waals surface area contributed by atoms with Crippen LogP contribution in [0.25, 0.3) is 0 Å². The highest BCUT2D eigenvalue weighted by molar-refractivity contribution is 5.86. The second-order valence-corrected chi connectivity index (χ2v) is 3.67. The van der Waals surface area contributed by atoms with Gasteiger partial charge in [0, 0.05) is 6.61 Å². The molecular weight excluding hydrogens is 210 g/mol. The average Bonchev–Trinajstić information content (AvgIpc) is 2.80. The minimum Gasteiger partial charge on any atom is -0.467 e. The summed E-state index contributed by atoms with van der Waals surface area (Å²) in [5.74, 6) is -0.765. The Labute approximate surface area is 94.8 Å². The molecule has 2 atom stereocenters. The molecule has 1 aliphatic rings. The van der Waals surface area contributed by atoms with Gasteiger partial charge in [-0.25, -0.2) is 4.79 Å². The van der Waals surface area contributed by atoms with Crippen LogP contribution in [0.2, 0.25) is 0 Å². The molecule has 5 nitrogen and oxygen atoms in total. The molecule has 1 fully saturated rings. The van der Waals surface area contributed by atoms with Gasteiger partial charge in [-0.1, -0.05) is 6.08 Å². The van der Waals surface area contributed by atoms with Crippen molar-refractivity contribution >= 4 is 11.9 Å². The van der Waals surface area contributed by atoms with Gasteiger partial charge in [-0.2, -0.15) is 0 Å². The zero-order valence-electron chi connectivity index (χ0n) is 9.40. The number of methoxy groups -OCH3 is 1. The van der Waals surface area contributed by atoms with Gasteiger partial charge < -0.3 is 14.8 Å². The van der Waals surface area contributed by atoms with Crippen LogP contribution in [-0.4, -0.2) is 38.2 Å². The molecular formula is C11H17NO4. The summed E-state index contributed by atoms with van der Waals surface area (Å²) < 4.78 is 9.71. The van der Waals surface area contributed by atoms with Gasteiger partial charge >= 0.3 is 5.97 Å². The molecule has 1 saturated heterocycles. The summed E-state index contributed by atoms with van der Waals surface area (Å²) in [7, 11) is 1.29. The van der Waals surface area contributed by atoms with Crippen molar-refractivity contribution in [3.63, 3.8) is 0 Å². The zero-order valence-corrected chi connectivity index (χ0v) is 9.40. The number of carbonyl (C=O) groups excluding carboxylic acids is 2. The topological polar surface area (TPSA) is 64.6 Å². The first-order chi connectivity index (χ1) is 7.69. The van der Waals surface area contributed by atoms with E-state index >= 15 is 0 Å². The van der Waals surface area contributed by atoms with E-state index in [1.54, 1.807) is 6.08 Å². The monoisotopic (exact) mass is 227 g/mol. The number of hydrogen-bond acceptors (Lipinski definition) is 4. The fourth-order valence-corrected chi connectivity index (χ4v) is 1.55. The molecule has 16 heavy (non-hydrogen) atoms. The molecule has 0 radical (unpaired) electrons. The summed E-state index contributed by atoms with van der Waals surface area (Å²) in [5, 5.41) is 2.65. The van der Waals surface area contributed by atoms with Gasteiger partial charge in [-0.05, 0) is 12.8 Å².